The lowest BCUT2D eigenvalue weighted by Gasteiger charge is -2.33. The molecule has 1 aliphatic heterocycles. The van der Waals surface area contributed by atoms with E-state index in [0.717, 1.165) is 61.1 Å². The van der Waals surface area contributed by atoms with Crippen LogP contribution in [0, 0.1) is 0 Å². The minimum atomic E-state index is 0.284. The standard InChI is InChI=1S/C26H29N7/c1-19(22-7-3-5-20-6-4-10-27-26(20)22)16-28-24-15-23(30-18-31-24)21-8-9-25(29-17-21)33-13-11-32(2)12-14-33/h3-10,15,17-19H,11-14,16H2,1-2H3,(H,28,30,31). The summed E-state index contributed by atoms with van der Waals surface area (Å²) < 4.78 is 0. The third-order valence-corrected chi connectivity index (χ3v) is 6.32. The highest BCUT2D eigenvalue weighted by atomic mass is 15.3. The summed E-state index contributed by atoms with van der Waals surface area (Å²) in [6.07, 6.45) is 5.37. The predicted molar refractivity (Wildman–Crippen MR) is 134 cm³/mol. The molecule has 1 aromatic carbocycles. The summed E-state index contributed by atoms with van der Waals surface area (Å²) in [6, 6.07) is 16.6. The minimum absolute atomic E-state index is 0.284. The highest BCUT2D eigenvalue weighted by Crippen LogP contribution is 2.25. The molecule has 1 unspecified atom stereocenters. The molecule has 1 N–H and O–H groups in total. The summed E-state index contributed by atoms with van der Waals surface area (Å²) in [5, 5.41) is 4.64. The van der Waals surface area contributed by atoms with E-state index in [1.54, 1.807) is 6.33 Å². The molecule has 7 nitrogen and oxygen atoms in total. The van der Waals surface area contributed by atoms with Gasteiger partial charge in [-0.1, -0.05) is 31.2 Å². The van der Waals surface area contributed by atoms with Gasteiger partial charge in [-0.05, 0) is 30.8 Å². The van der Waals surface area contributed by atoms with Gasteiger partial charge in [-0.3, -0.25) is 4.98 Å². The molecule has 1 atom stereocenters. The van der Waals surface area contributed by atoms with E-state index in [2.05, 4.69) is 80.4 Å². The van der Waals surface area contributed by atoms with Crippen molar-refractivity contribution in [1.82, 2.24) is 24.8 Å². The third-order valence-electron chi connectivity index (χ3n) is 6.32. The number of likely N-dealkylation sites (N-methyl/N-ethyl adjacent to an activating group) is 1. The van der Waals surface area contributed by atoms with Crippen molar-refractivity contribution in [2.45, 2.75) is 12.8 Å². The van der Waals surface area contributed by atoms with Crippen molar-refractivity contribution in [3.63, 3.8) is 0 Å². The van der Waals surface area contributed by atoms with Crippen LogP contribution >= 0.6 is 0 Å². The molecule has 0 radical (unpaired) electrons. The van der Waals surface area contributed by atoms with Crippen LogP contribution in [0.4, 0.5) is 11.6 Å². The van der Waals surface area contributed by atoms with Crippen LogP contribution in [0.25, 0.3) is 22.2 Å². The van der Waals surface area contributed by atoms with Crippen molar-refractivity contribution in [1.29, 1.82) is 0 Å². The van der Waals surface area contributed by atoms with Crippen molar-refractivity contribution in [2.75, 3.05) is 50.0 Å². The first-order valence-electron chi connectivity index (χ1n) is 11.5. The number of nitrogens with one attached hydrogen (secondary N) is 1. The summed E-state index contributed by atoms with van der Waals surface area (Å²) in [4.78, 5) is 22.9. The van der Waals surface area contributed by atoms with Crippen molar-refractivity contribution >= 4 is 22.5 Å². The Morgan fingerprint density at radius 1 is 0.939 bits per heavy atom. The normalized spacial score (nSPS) is 15.5. The van der Waals surface area contributed by atoms with Crippen LogP contribution < -0.4 is 10.2 Å². The zero-order valence-electron chi connectivity index (χ0n) is 19.1. The molecule has 168 valence electrons. The lowest BCUT2D eigenvalue weighted by molar-refractivity contribution is 0.312. The Bertz CT molecular complexity index is 1210. The van der Waals surface area contributed by atoms with E-state index in [1.807, 2.05) is 24.5 Å². The molecule has 0 amide bonds. The monoisotopic (exact) mass is 439 g/mol. The van der Waals surface area contributed by atoms with E-state index in [9.17, 15) is 0 Å². The Morgan fingerprint density at radius 2 is 1.79 bits per heavy atom. The number of hydrogen-bond donors (Lipinski definition) is 1. The van der Waals surface area contributed by atoms with Gasteiger partial charge in [-0.2, -0.15) is 0 Å². The number of nitrogens with zero attached hydrogens (tertiary/aromatic N) is 6. The average molecular weight is 440 g/mol. The Morgan fingerprint density at radius 3 is 2.61 bits per heavy atom. The van der Waals surface area contributed by atoms with Gasteiger partial charge in [0.1, 0.15) is 18.0 Å². The molecule has 1 aliphatic rings. The number of hydrogen-bond acceptors (Lipinski definition) is 7. The second kappa shape index (κ2) is 9.50. The zero-order valence-corrected chi connectivity index (χ0v) is 19.1. The number of fused-ring (bicyclic) bond motifs is 1. The smallest absolute Gasteiger partial charge is 0.129 e. The Labute approximate surface area is 194 Å². The topological polar surface area (TPSA) is 70.1 Å². The SMILES string of the molecule is CC(CNc1cc(-c2ccc(N3CCN(C)CC3)nc2)ncn1)c1cccc2cccnc12. The Hall–Kier alpha value is -3.58. The van der Waals surface area contributed by atoms with Crippen LogP contribution in [-0.2, 0) is 0 Å². The number of para-hydroxylation sites is 1. The molecule has 0 aliphatic carbocycles. The van der Waals surface area contributed by atoms with E-state index in [-0.39, 0.29) is 5.92 Å². The maximum Gasteiger partial charge on any atom is 0.129 e. The quantitative estimate of drug-likeness (QED) is 0.486. The third kappa shape index (κ3) is 4.78. The van der Waals surface area contributed by atoms with Crippen molar-refractivity contribution in [2.24, 2.45) is 0 Å². The zero-order chi connectivity index (χ0) is 22.6. The molecule has 4 aromatic rings. The van der Waals surface area contributed by atoms with Gasteiger partial charge in [0.05, 0.1) is 11.2 Å². The molecular weight excluding hydrogens is 410 g/mol. The number of rotatable bonds is 6. The molecule has 0 saturated carbocycles. The van der Waals surface area contributed by atoms with Gasteiger partial charge in [-0.15, -0.1) is 0 Å². The highest BCUT2D eigenvalue weighted by Gasteiger charge is 2.15. The fourth-order valence-corrected chi connectivity index (χ4v) is 4.27. The molecule has 7 heteroatoms. The molecule has 3 aromatic heterocycles. The molecular formula is C26H29N7. The van der Waals surface area contributed by atoms with E-state index >= 15 is 0 Å². The van der Waals surface area contributed by atoms with Gasteiger partial charge < -0.3 is 15.1 Å². The summed E-state index contributed by atoms with van der Waals surface area (Å²) in [6.45, 7) is 7.12. The van der Waals surface area contributed by atoms with Gasteiger partial charge >= 0.3 is 0 Å². The van der Waals surface area contributed by atoms with Crippen LogP contribution in [0.15, 0.2) is 67.3 Å². The maximum absolute atomic E-state index is 4.70. The fraction of sp³-hybridized carbons (Fsp3) is 0.308. The first kappa shape index (κ1) is 21.3. The summed E-state index contributed by atoms with van der Waals surface area (Å²) in [5.74, 6) is 2.12. The number of pyridine rings is 2. The molecule has 0 bridgehead atoms. The lowest BCUT2D eigenvalue weighted by Crippen LogP contribution is -2.44. The fourth-order valence-electron chi connectivity index (χ4n) is 4.27. The minimum Gasteiger partial charge on any atom is -0.369 e. The van der Waals surface area contributed by atoms with Crippen molar-refractivity contribution < 1.29 is 0 Å². The molecule has 0 spiro atoms. The van der Waals surface area contributed by atoms with Gasteiger partial charge in [0, 0.05) is 68.1 Å². The summed E-state index contributed by atoms with van der Waals surface area (Å²) >= 11 is 0. The second-order valence-electron chi connectivity index (χ2n) is 8.69. The van der Waals surface area contributed by atoms with E-state index in [1.165, 1.54) is 10.9 Å². The van der Waals surface area contributed by atoms with Crippen LogP contribution in [0.3, 0.4) is 0 Å². The molecule has 33 heavy (non-hydrogen) atoms. The summed E-state index contributed by atoms with van der Waals surface area (Å²) in [7, 11) is 2.16. The Balaban J connectivity index is 1.26. The lowest BCUT2D eigenvalue weighted by atomic mass is 9.98. The second-order valence-corrected chi connectivity index (χ2v) is 8.69. The number of benzene rings is 1. The van der Waals surface area contributed by atoms with Crippen molar-refractivity contribution in [3.8, 4) is 11.3 Å². The maximum atomic E-state index is 4.70. The van der Waals surface area contributed by atoms with Crippen LogP contribution in [0.5, 0.6) is 0 Å². The van der Waals surface area contributed by atoms with Gasteiger partial charge in [0.2, 0.25) is 0 Å². The molecule has 1 saturated heterocycles. The van der Waals surface area contributed by atoms with Crippen LogP contribution in [-0.4, -0.2) is 64.6 Å². The molecule has 1 fully saturated rings. The van der Waals surface area contributed by atoms with Gasteiger partial charge in [-0.25, -0.2) is 15.0 Å². The average Bonchev–Trinajstić information content (AvgIpc) is 2.88. The predicted octanol–water partition coefficient (Wildman–Crippen LogP) is 4.05. The molecule has 4 heterocycles. The number of piperazine rings is 1. The van der Waals surface area contributed by atoms with Crippen LogP contribution in [0.1, 0.15) is 18.4 Å². The first-order chi connectivity index (χ1) is 16.2. The van der Waals surface area contributed by atoms with Gasteiger partial charge in [0.15, 0.2) is 0 Å². The van der Waals surface area contributed by atoms with Crippen LogP contribution in [0.2, 0.25) is 0 Å². The summed E-state index contributed by atoms with van der Waals surface area (Å²) in [5.41, 5.74) is 4.15. The Kier molecular flexibility index (Phi) is 6.13. The van der Waals surface area contributed by atoms with Crippen molar-refractivity contribution in [3.05, 3.63) is 72.8 Å². The number of aromatic nitrogens is 4. The van der Waals surface area contributed by atoms with Gasteiger partial charge in [0.25, 0.3) is 0 Å². The van der Waals surface area contributed by atoms with E-state index in [4.69, 9.17) is 4.98 Å². The molecule has 5 rings (SSSR count). The number of anilines is 2. The largest absolute Gasteiger partial charge is 0.369 e. The van der Waals surface area contributed by atoms with E-state index < -0.39 is 0 Å². The highest BCUT2D eigenvalue weighted by molar-refractivity contribution is 5.82. The van der Waals surface area contributed by atoms with E-state index in [0.29, 0.717) is 0 Å². The first-order valence-corrected chi connectivity index (χ1v) is 11.5.